The summed E-state index contributed by atoms with van der Waals surface area (Å²) < 4.78 is 31.2. The molecule has 0 unspecified atom stereocenters. The van der Waals surface area contributed by atoms with E-state index < -0.39 is 11.6 Å². The van der Waals surface area contributed by atoms with Crippen LogP contribution in [-0.2, 0) is 0 Å². The van der Waals surface area contributed by atoms with Gasteiger partial charge in [-0.1, -0.05) is 0 Å². The van der Waals surface area contributed by atoms with E-state index >= 15 is 0 Å². The lowest BCUT2D eigenvalue weighted by molar-refractivity contribution is 0.246. The summed E-state index contributed by atoms with van der Waals surface area (Å²) in [5.74, 6) is -0.472. The fraction of sp³-hybridized carbons (Fsp3) is 0.538. The molecule has 0 bridgehead atoms. The fourth-order valence-electron chi connectivity index (χ4n) is 2.10. The van der Waals surface area contributed by atoms with Gasteiger partial charge in [0, 0.05) is 6.07 Å². The minimum atomic E-state index is -0.633. The normalized spacial score (nSPS) is 20.2. The minimum Gasteiger partial charge on any atom is -0.491 e. The Morgan fingerprint density at radius 3 is 2.94 bits per heavy atom. The third kappa shape index (κ3) is 3.66. The quantitative estimate of drug-likeness (QED) is 0.875. The van der Waals surface area contributed by atoms with Gasteiger partial charge in [0.1, 0.15) is 5.82 Å². The molecule has 94 valence electrons. The fourth-order valence-corrected chi connectivity index (χ4v) is 2.10. The molecule has 1 aliphatic heterocycles. The Labute approximate surface area is 100.0 Å². The Hall–Kier alpha value is -1.16. The van der Waals surface area contributed by atoms with Crippen molar-refractivity contribution in [2.75, 3.05) is 19.7 Å². The minimum absolute atomic E-state index is 0.134. The zero-order valence-corrected chi connectivity index (χ0v) is 9.72. The van der Waals surface area contributed by atoms with Gasteiger partial charge in [0.2, 0.25) is 0 Å². The van der Waals surface area contributed by atoms with E-state index in [1.807, 2.05) is 0 Å². The molecule has 1 fully saturated rings. The number of piperidine rings is 1. The molecule has 0 spiro atoms. The zero-order chi connectivity index (χ0) is 12.1. The molecule has 4 heteroatoms. The van der Waals surface area contributed by atoms with Crippen LogP contribution in [-0.4, -0.2) is 19.7 Å². The Kier molecular flexibility index (Phi) is 4.31. The lowest BCUT2D eigenvalue weighted by Gasteiger charge is -2.22. The smallest absolute Gasteiger partial charge is 0.167 e. The highest BCUT2D eigenvalue weighted by Gasteiger charge is 2.13. The van der Waals surface area contributed by atoms with Crippen LogP contribution >= 0.6 is 0 Å². The van der Waals surface area contributed by atoms with E-state index in [9.17, 15) is 8.78 Å². The van der Waals surface area contributed by atoms with Crippen molar-refractivity contribution in [3.05, 3.63) is 29.8 Å². The van der Waals surface area contributed by atoms with Gasteiger partial charge in [-0.05, 0) is 50.4 Å². The van der Waals surface area contributed by atoms with Crippen LogP contribution < -0.4 is 10.1 Å². The molecule has 1 aliphatic rings. The summed E-state index contributed by atoms with van der Waals surface area (Å²) in [5.41, 5.74) is 0. The highest BCUT2D eigenvalue weighted by atomic mass is 19.1. The van der Waals surface area contributed by atoms with E-state index in [0.29, 0.717) is 12.5 Å². The van der Waals surface area contributed by atoms with Crippen molar-refractivity contribution in [1.82, 2.24) is 5.32 Å². The number of benzene rings is 1. The summed E-state index contributed by atoms with van der Waals surface area (Å²) in [5, 5.41) is 3.32. The molecule has 0 radical (unpaired) electrons. The molecule has 1 aromatic carbocycles. The Bertz CT molecular complexity index is 364. The summed E-state index contributed by atoms with van der Waals surface area (Å²) in [6.45, 7) is 2.58. The van der Waals surface area contributed by atoms with E-state index in [0.717, 1.165) is 25.6 Å². The Morgan fingerprint density at radius 2 is 2.24 bits per heavy atom. The maximum atomic E-state index is 13.2. The third-order valence-electron chi connectivity index (χ3n) is 3.08. The summed E-state index contributed by atoms with van der Waals surface area (Å²) >= 11 is 0. The van der Waals surface area contributed by atoms with E-state index in [4.69, 9.17) is 4.74 Å². The molecule has 1 N–H and O–H groups in total. The topological polar surface area (TPSA) is 21.3 Å². The molecule has 0 saturated carbocycles. The van der Waals surface area contributed by atoms with Crippen LogP contribution in [0.15, 0.2) is 18.2 Å². The number of hydrogen-bond donors (Lipinski definition) is 1. The summed E-state index contributed by atoms with van der Waals surface area (Å²) in [6, 6.07) is 3.39. The van der Waals surface area contributed by atoms with Crippen LogP contribution in [0.1, 0.15) is 19.3 Å². The van der Waals surface area contributed by atoms with Crippen molar-refractivity contribution in [1.29, 1.82) is 0 Å². The molecule has 2 nitrogen and oxygen atoms in total. The van der Waals surface area contributed by atoms with Crippen molar-refractivity contribution >= 4 is 0 Å². The third-order valence-corrected chi connectivity index (χ3v) is 3.08. The highest BCUT2D eigenvalue weighted by molar-refractivity contribution is 5.24. The zero-order valence-electron chi connectivity index (χ0n) is 9.72. The average Bonchev–Trinajstić information content (AvgIpc) is 2.33. The van der Waals surface area contributed by atoms with Gasteiger partial charge in [0.25, 0.3) is 0 Å². The van der Waals surface area contributed by atoms with Crippen LogP contribution in [0.25, 0.3) is 0 Å². The molecule has 17 heavy (non-hydrogen) atoms. The summed E-state index contributed by atoms with van der Waals surface area (Å²) in [6.07, 6.45) is 3.29. The first-order valence-electron chi connectivity index (χ1n) is 6.04. The molecule has 0 amide bonds. The highest BCUT2D eigenvalue weighted by Crippen LogP contribution is 2.19. The standard InChI is InChI=1S/C13H17F2NO/c14-11-3-4-13(12(15)8-11)17-7-5-10-2-1-6-16-9-10/h3-4,8,10,16H,1-2,5-7,9H2/t10-/m0/s1. The van der Waals surface area contributed by atoms with Gasteiger partial charge in [-0.15, -0.1) is 0 Å². The first-order chi connectivity index (χ1) is 8.25. The van der Waals surface area contributed by atoms with Gasteiger partial charge in [-0.2, -0.15) is 0 Å². The predicted molar refractivity (Wildman–Crippen MR) is 62.1 cm³/mol. The first-order valence-corrected chi connectivity index (χ1v) is 6.04. The lowest BCUT2D eigenvalue weighted by atomic mass is 9.97. The SMILES string of the molecule is Fc1ccc(OCC[C@@H]2CCCNC2)c(F)c1. The van der Waals surface area contributed by atoms with Gasteiger partial charge in [0.05, 0.1) is 6.61 Å². The molecule has 1 aromatic rings. The number of nitrogens with one attached hydrogen (secondary N) is 1. The van der Waals surface area contributed by atoms with Crippen molar-refractivity contribution in [3.63, 3.8) is 0 Å². The molecule has 2 rings (SSSR count). The second-order valence-electron chi connectivity index (χ2n) is 4.42. The largest absolute Gasteiger partial charge is 0.491 e. The van der Waals surface area contributed by atoms with Crippen LogP contribution in [0.2, 0.25) is 0 Å². The Balaban J connectivity index is 1.77. The summed E-state index contributed by atoms with van der Waals surface area (Å²) in [7, 11) is 0. The summed E-state index contributed by atoms with van der Waals surface area (Å²) in [4.78, 5) is 0. The Morgan fingerprint density at radius 1 is 1.35 bits per heavy atom. The van der Waals surface area contributed by atoms with Crippen LogP contribution in [0.4, 0.5) is 8.78 Å². The first kappa shape index (κ1) is 12.3. The number of halogens is 2. The molecular formula is C13H17F2NO. The molecule has 1 saturated heterocycles. The van der Waals surface area contributed by atoms with Crippen molar-refractivity contribution in [2.24, 2.45) is 5.92 Å². The van der Waals surface area contributed by atoms with Crippen molar-refractivity contribution in [2.45, 2.75) is 19.3 Å². The predicted octanol–water partition coefficient (Wildman–Crippen LogP) is 2.73. The van der Waals surface area contributed by atoms with Gasteiger partial charge in [0.15, 0.2) is 11.6 Å². The van der Waals surface area contributed by atoms with E-state index in [1.165, 1.54) is 25.0 Å². The number of hydrogen-bond acceptors (Lipinski definition) is 2. The number of ether oxygens (including phenoxy) is 1. The van der Waals surface area contributed by atoms with Crippen molar-refractivity contribution < 1.29 is 13.5 Å². The second kappa shape index (κ2) is 5.96. The lowest BCUT2D eigenvalue weighted by Crippen LogP contribution is -2.30. The van der Waals surface area contributed by atoms with Gasteiger partial charge < -0.3 is 10.1 Å². The molecule has 0 aromatic heterocycles. The van der Waals surface area contributed by atoms with E-state index in [2.05, 4.69) is 5.32 Å². The van der Waals surface area contributed by atoms with Crippen LogP contribution in [0, 0.1) is 17.6 Å². The van der Waals surface area contributed by atoms with Gasteiger partial charge >= 0.3 is 0 Å². The maximum absolute atomic E-state index is 13.2. The molecule has 1 atom stereocenters. The van der Waals surface area contributed by atoms with Crippen molar-refractivity contribution in [3.8, 4) is 5.75 Å². The van der Waals surface area contributed by atoms with Gasteiger partial charge in [-0.3, -0.25) is 0 Å². The average molecular weight is 241 g/mol. The van der Waals surface area contributed by atoms with E-state index in [-0.39, 0.29) is 5.75 Å². The number of rotatable bonds is 4. The maximum Gasteiger partial charge on any atom is 0.167 e. The molecular weight excluding hydrogens is 224 g/mol. The van der Waals surface area contributed by atoms with Crippen LogP contribution in [0.3, 0.4) is 0 Å². The van der Waals surface area contributed by atoms with Gasteiger partial charge in [-0.25, -0.2) is 8.78 Å². The second-order valence-corrected chi connectivity index (χ2v) is 4.42. The monoisotopic (exact) mass is 241 g/mol. The molecule has 1 heterocycles. The van der Waals surface area contributed by atoms with Crippen LogP contribution in [0.5, 0.6) is 5.75 Å². The molecule has 0 aliphatic carbocycles. The van der Waals surface area contributed by atoms with E-state index in [1.54, 1.807) is 0 Å².